The van der Waals surface area contributed by atoms with Crippen molar-refractivity contribution in [3.05, 3.63) is 82.7 Å². The third-order valence-corrected chi connectivity index (χ3v) is 11.5. The Bertz CT molecular complexity index is 2510. The highest BCUT2D eigenvalue weighted by Gasteiger charge is 2.32. The number of imide groups is 1. The Labute approximate surface area is 328 Å². The number of para-hydroxylation sites is 1. The molecule has 2 aliphatic rings. The van der Waals surface area contributed by atoms with E-state index in [4.69, 9.17) is 14.6 Å². The molecule has 0 bridgehead atoms. The van der Waals surface area contributed by atoms with Crippen molar-refractivity contribution in [3.63, 3.8) is 0 Å². The number of imidazole rings is 2. The Morgan fingerprint density at radius 1 is 1.04 bits per heavy atom. The normalized spacial score (nSPS) is 18.8. The highest BCUT2D eigenvalue weighted by atomic mass is 16.5. The number of ether oxygens (including phenoxy) is 2. The molecule has 1 saturated heterocycles. The van der Waals surface area contributed by atoms with Crippen molar-refractivity contribution in [3.8, 4) is 5.75 Å². The molecule has 1 atom stereocenters. The van der Waals surface area contributed by atoms with Crippen LogP contribution in [0.3, 0.4) is 0 Å². The van der Waals surface area contributed by atoms with Crippen LogP contribution in [0.25, 0.3) is 27.6 Å². The number of carbonyl (C=O) groups excluding carboxylic acids is 3. The van der Waals surface area contributed by atoms with Gasteiger partial charge >= 0.3 is 5.69 Å². The van der Waals surface area contributed by atoms with Gasteiger partial charge in [0, 0.05) is 63.1 Å². The van der Waals surface area contributed by atoms with E-state index in [-0.39, 0.29) is 30.0 Å². The van der Waals surface area contributed by atoms with Gasteiger partial charge in [0.05, 0.1) is 41.5 Å². The number of rotatable bonds is 14. The number of anilines is 1. The van der Waals surface area contributed by atoms with Crippen molar-refractivity contribution < 1.29 is 23.9 Å². The fourth-order valence-corrected chi connectivity index (χ4v) is 8.48. The second-order valence-corrected chi connectivity index (χ2v) is 15.1. The summed E-state index contributed by atoms with van der Waals surface area (Å²) in [4.78, 5) is 57.6. The molecule has 1 saturated carbocycles. The first-order valence-electron chi connectivity index (χ1n) is 19.7. The number of hydrogen-bond acceptors (Lipinski definition) is 10. The summed E-state index contributed by atoms with van der Waals surface area (Å²) in [5.74, 6) is -0.121. The van der Waals surface area contributed by atoms with Crippen LogP contribution in [0.2, 0.25) is 0 Å². The molecule has 1 aliphatic heterocycles. The Balaban J connectivity index is 0.788. The number of nitrogens with one attached hydrogen (secondary N) is 2. The standard InChI is InChI=1S/C41H48N10O6/c1-47(19-7-21-57-20-6-9-26-8-4-10-32-38(26)48(2)41(55)50(32)33-16-17-37(52)45-40(33)54)28-12-14-29(15-13-28)49-25-27-22-30(34(56-3)23-31(27)46-49)39(53)44-36-24-42-35-11-5-18-43-51(35)36/h4-5,8,10-11,18,22-25,28-29,33H,6-7,9,12-17,19-21H2,1-3H3,(H,44,53)(H,45,52,54)/t28?,29?,33-/m1/s1. The number of nitrogens with zero attached hydrogens (tertiary/aromatic N) is 8. The summed E-state index contributed by atoms with van der Waals surface area (Å²) in [7, 11) is 5.48. The van der Waals surface area contributed by atoms with Crippen molar-refractivity contribution in [2.75, 3.05) is 39.2 Å². The third-order valence-electron chi connectivity index (χ3n) is 11.5. The molecule has 0 radical (unpaired) electrons. The van der Waals surface area contributed by atoms with Crippen LogP contribution in [0.4, 0.5) is 5.82 Å². The fraction of sp³-hybridized carbons (Fsp3) is 0.439. The maximum atomic E-state index is 13.4. The second-order valence-electron chi connectivity index (χ2n) is 15.1. The number of benzene rings is 2. The van der Waals surface area contributed by atoms with Crippen molar-refractivity contribution in [2.45, 2.75) is 75.9 Å². The Hall–Kier alpha value is -5.87. The third kappa shape index (κ3) is 7.66. The Morgan fingerprint density at radius 2 is 1.86 bits per heavy atom. The van der Waals surface area contributed by atoms with Gasteiger partial charge in [0.25, 0.3) is 5.91 Å². The number of fused-ring (bicyclic) bond motifs is 3. The molecule has 2 N–H and O–H groups in total. The molecule has 3 amide bonds. The molecular formula is C41H48N10O6. The van der Waals surface area contributed by atoms with E-state index >= 15 is 0 Å². The molecule has 298 valence electrons. The van der Waals surface area contributed by atoms with Gasteiger partial charge in [-0.25, -0.2) is 9.78 Å². The number of amides is 3. The van der Waals surface area contributed by atoms with Gasteiger partial charge in [0.2, 0.25) is 11.8 Å². The highest BCUT2D eigenvalue weighted by Crippen LogP contribution is 2.33. The van der Waals surface area contributed by atoms with Gasteiger partial charge in [-0.15, -0.1) is 0 Å². The first-order valence-corrected chi connectivity index (χ1v) is 19.7. The fourth-order valence-electron chi connectivity index (χ4n) is 8.48. The minimum absolute atomic E-state index is 0.214. The first kappa shape index (κ1) is 38.0. The zero-order valence-electron chi connectivity index (χ0n) is 32.5. The number of carbonyl (C=O) groups is 3. The average Bonchev–Trinajstić information content (AvgIpc) is 3.90. The van der Waals surface area contributed by atoms with E-state index in [0.717, 1.165) is 73.5 Å². The minimum Gasteiger partial charge on any atom is -0.496 e. The van der Waals surface area contributed by atoms with E-state index in [2.05, 4.69) is 37.3 Å². The highest BCUT2D eigenvalue weighted by molar-refractivity contribution is 6.08. The summed E-state index contributed by atoms with van der Waals surface area (Å²) < 4.78 is 18.4. The Kier molecular flexibility index (Phi) is 10.9. The van der Waals surface area contributed by atoms with Gasteiger partial charge in [-0.2, -0.15) is 14.7 Å². The number of hydrogen-bond donors (Lipinski definition) is 2. The van der Waals surface area contributed by atoms with E-state index in [0.29, 0.717) is 54.0 Å². The van der Waals surface area contributed by atoms with Gasteiger partial charge in [-0.3, -0.25) is 33.5 Å². The monoisotopic (exact) mass is 776 g/mol. The van der Waals surface area contributed by atoms with Crippen LogP contribution in [0.15, 0.2) is 65.8 Å². The molecule has 4 aromatic heterocycles. The van der Waals surface area contributed by atoms with Gasteiger partial charge in [0.15, 0.2) is 11.5 Å². The summed E-state index contributed by atoms with van der Waals surface area (Å²) in [5.41, 5.74) is 4.14. The molecular weight excluding hydrogens is 729 g/mol. The number of aromatic nitrogens is 7. The molecule has 1 aliphatic carbocycles. The summed E-state index contributed by atoms with van der Waals surface area (Å²) in [6, 6.07) is 13.1. The number of methoxy groups -OCH3 is 1. The van der Waals surface area contributed by atoms with Gasteiger partial charge in [-0.1, -0.05) is 12.1 Å². The molecule has 5 heterocycles. The first-order chi connectivity index (χ1) is 27.7. The molecule has 2 fully saturated rings. The zero-order chi connectivity index (χ0) is 39.6. The van der Waals surface area contributed by atoms with Gasteiger partial charge < -0.3 is 19.7 Å². The van der Waals surface area contributed by atoms with Crippen LogP contribution in [0, 0.1) is 0 Å². The molecule has 16 nitrogen and oxygen atoms in total. The van der Waals surface area contributed by atoms with Crippen LogP contribution < -0.4 is 21.1 Å². The van der Waals surface area contributed by atoms with E-state index < -0.39 is 11.9 Å². The summed E-state index contributed by atoms with van der Waals surface area (Å²) in [6.07, 6.45) is 12.4. The van der Waals surface area contributed by atoms with E-state index in [1.165, 1.54) is 4.57 Å². The smallest absolute Gasteiger partial charge is 0.329 e. The minimum atomic E-state index is -0.695. The quantitative estimate of drug-likeness (QED) is 0.119. The van der Waals surface area contributed by atoms with Crippen molar-refractivity contribution in [1.29, 1.82) is 0 Å². The predicted molar refractivity (Wildman–Crippen MR) is 214 cm³/mol. The Morgan fingerprint density at radius 3 is 2.67 bits per heavy atom. The molecule has 16 heteroatoms. The van der Waals surface area contributed by atoms with Crippen LogP contribution in [0.1, 0.15) is 79.4 Å². The molecule has 0 unspecified atom stereocenters. The van der Waals surface area contributed by atoms with E-state index in [9.17, 15) is 19.2 Å². The lowest BCUT2D eigenvalue weighted by molar-refractivity contribution is -0.135. The second kappa shape index (κ2) is 16.3. The molecule has 8 rings (SSSR count). The van der Waals surface area contributed by atoms with Crippen LogP contribution in [-0.4, -0.2) is 96.1 Å². The van der Waals surface area contributed by atoms with E-state index in [1.54, 1.807) is 41.7 Å². The molecule has 2 aromatic carbocycles. The lowest BCUT2D eigenvalue weighted by Gasteiger charge is -2.34. The predicted octanol–water partition coefficient (Wildman–Crippen LogP) is 4.43. The number of piperidine rings is 1. The molecule has 0 spiro atoms. The van der Waals surface area contributed by atoms with Crippen LogP contribution >= 0.6 is 0 Å². The summed E-state index contributed by atoms with van der Waals surface area (Å²) in [6.45, 7) is 2.24. The number of aryl methyl sites for hydroxylation is 2. The molecule has 6 aromatic rings. The van der Waals surface area contributed by atoms with E-state index in [1.807, 2.05) is 42.6 Å². The SMILES string of the molecule is COc1cc2nn(C3CCC(N(C)CCCOCCCc4cccc5c4n(C)c(=O)n5[C@@H]4CCC(=O)NC4=O)CC3)cc2cc1C(=O)Nc1cnc2cccnn12. The zero-order valence-corrected chi connectivity index (χ0v) is 32.5. The van der Waals surface area contributed by atoms with Crippen molar-refractivity contribution in [1.82, 2.24) is 43.7 Å². The van der Waals surface area contributed by atoms with Gasteiger partial charge in [-0.05, 0) is 88.2 Å². The van der Waals surface area contributed by atoms with Crippen LogP contribution in [-0.2, 0) is 27.8 Å². The van der Waals surface area contributed by atoms with Crippen molar-refractivity contribution >= 4 is 51.1 Å². The summed E-state index contributed by atoms with van der Waals surface area (Å²) in [5, 5.41) is 15.3. The largest absolute Gasteiger partial charge is 0.496 e. The van der Waals surface area contributed by atoms with Gasteiger partial charge in [0.1, 0.15) is 11.8 Å². The topological polar surface area (TPSA) is 172 Å². The lowest BCUT2D eigenvalue weighted by Crippen LogP contribution is -2.44. The molecule has 57 heavy (non-hydrogen) atoms. The van der Waals surface area contributed by atoms with Crippen LogP contribution in [0.5, 0.6) is 5.75 Å². The maximum Gasteiger partial charge on any atom is 0.329 e. The average molecular weight is 777 g/mol. The lowest BCUT2D eigenvalue weighted by atomic mass is 9.90. The maximum absolute atomic E-state index is 13.4. The van der Waals surface area contributed by atoms with Crippen molar-refractivity contribution in [2.24, 2.45) is 7.05 Å². The summed E-state index contributed by atoms with van der Waals surface area (Å²) >= 11 is 0.